The van der Waals surface area contributed by atoms with Crippen molar-refractivity contribution >= 4 is 44.3 Å². The zero-order valence-corrected chi connectivity index (χ0v) is 19.1. The Kier molecular flexibility index (Phi) is 6.00. The molecule has 0 bridgehead atoms. The van der Waals surface area contributed by atoms with Crippen molar-refractivity contribution in [1.29, 1.82) is 0 Å². The third-order valence-corrected chi connectivity index (χ3v) is 5.37. The molecule has 0 aliphatic carbocycles. The summed E-state index contributed by atoms with van der Waals surface area (Å²) in [5.41, 5.74) is 3.99. The largest absolute Gasteiger partial charge is 0.438 e. The number of hydrogen-bond acceptors (Lipinski definition) is 4. The van der Waals surface area contributed by atoms with E-state index in [0.29, 0.717) is 28.6 Å². The zero-order chi connectivity index (χ0) is 22.0. The van der Waals surface area contributed by atoms with Gasteiger partial charge in [0, 0.05) is 15.6 Å². The zero-order valence-electron chi connectivity index (χ0n) is 17.5. The van der Waals surface area contributed by atoms with Crippen molar-refractivity contribution in [2.24, 2.45) is 4.99 Å². The second-order valence-electron chi connectivity index (χ2n) is 7.62. The third kappa shape index (κ3) is 4.91. The molecule has 2 aromatic carbocycles. The van der Waals surface area contributed by atoms with Gasteiger partial charge in [0.25, 0.3) is 5.91 Å². The Morgan fingerprint density at radius 2 is 1.84 bits per heavy atom. The number of anilines is 1. The third-order valence-electron chi connectivity index (χ3n) is 4.87. The molecule has 1 N–H and O–H groups in total. The van der Waals surface area contributed by atoms with Crippen LogP contribution in [0.2, 0.25) is 0 Å². The van der Waals surface area contributed by atoms with Crippen molar-refractivity contribution in [1.82, 2.24) is 4.98 Å². The summed E-state index contributed by atoms with van der Waals surface area (Å²) in [5.74, 6) is 0.578. The number of rotatable bonds is 4. The van der Waals surface area contributed by atoms with Crippen LogP contribution in [-0.4, -0.2) is 10.9 Å². The summed E-state index contributed by atoms with van der Waals surface area (Å²) in [6.45, 7) is 6.16. The fraction of sp³-hybridized carbons (Fsp3) is 0.160. The highest BCUT2D eigenvalue weighted by Gasteiger charge is 2.14. The van der Waals surface area contributed by atoms with Gasteiger partial charge < -0.3 is 9.73 Å². The number of benzene rings is 2. The summed E-state index contributed by atoms with van der Waals surface area (Å²) in [6, 6.07) is 20.9. The van der Waals surface area contributed by atoms with Crippen LogP contribution in [0, 0.1) is 6.92 Å². The Morgan fingerprint density at radius 3 is 2.55 bits per heavy atom. The number of nitrogens with one attached hydrogen (secondary N) is 1. The minimum absolute atomic E-state index is 0.247. The van der Waals surface area contributed by atoms with Gasteiger partial charge in [-0.05, 0) is 66.9 Å². The molecule has 5 nitrogen and oxygen atoms in total. The first-order valence-corrected chi connectivity index (χ1v) is 10.8. The molecule has 0 aliphatic heterocycles. The first-order chi connectivity index (χ1) is 14.9. The Hall–Kier alpha value is -3.25. The van der Waals surface area contributed by atoms with Crippen molar-refractivity contribution in [3.05, 3.63) is 93.6 Å². The molecule has 0 saturated carbocycles. The maximum atomic E-state index is 13.1. The molecule has 156 valence electrons. The topological polar surface area (TPSA) is 67.5 Å². The van der Waals surface area contributed by atoms with E-state index in [9.17, 15) is 4.79 Å². The van der Waals surface area contributed by atoms with Crippen LogP contribution in [0.5, 0.6) is 0 Å². The van der Waals surface area contributed by atoms with Gasteiger partial charge in [0.2, 0.25) is 5.55 Å². The van der Waals surface area contributed by atoms with E-state index in [2.05, 4.69) is 45.1 Å². The molecule has 4 rings (SSSR count). The maximum Gasteiger partial charge on any atom is 0.262 e. The molecule has 0 spiro atoms. The van der Waals surface area contributed by atoms with Crippen LogP contribution in [0.3, 0.4) is 0 Å². The number of carbonyl (C=O) groups is 1. The van der Waals surface area contributed by atoms with Gasteiger partial charge in [0.15, 0.2) is 0 Å². The van der Waals surface area contributed by atoms with E-state index in [0.717, 1.165) is 15.6 Å². The normalized spacial score (nSPS) is 11.8. The van der Waals surface area contributed by atoms with Gasteiger partial charge in [-0.25, -0.2) is 9.98 Å². The molecule has 2 heterocycles. The molecule has 0 unspecified atom stereocenters. The van der Waals surface area contributed by atoms with Crippen LogP contribution in [-0.2, 0) is 0 Å². The van der Waals surface area contributed by atoms with E-state index in [-0.39, 0.29) is 11.5 Å². The number of carbonyl (C=O) groups excluding carboxylic acids is 1. The van der Waals surface area contributed by atoms with Gasteiger partial charge in [-0.15, -0.1) is 0 Å². The van der Waals surface area contributed by atoms with E-state index in [1.54, 1.807) is 12.1 Å². The molecule has 31 heavy (non-hydrogen) atoms. The standard InChI is InChI=1S/C25H22BrN3O2/c1-15(2)17-7-10-20(11-8-17)28-25-21(14-18-13-19(26)9-12-22(18)31-25)24(30)29-23-6-4-5-16(3)27-23/h4-15H,1-3H3,(H,27,29,30). The Morgan fingerprint density at radius 1 is 1.06 bits per heavy atom. The van der Waals surface area contributed by atoms with Crippen LogP contribution in [0.25, 0.3) is 11.0 Å². The van der Waals surface area contributed by atoms with E-state index < -0.39 is 0 Å². The Bertz CT molecular complexity index is 1320. The number of hydrogen-bond donors (Lipinski definition) is 1. The summed E-state index contributed by atoms with van der Waals surface area (Å²) >= 11 is 3.47. The summed E-state index contributed by atoms with van der Waals surface area (Å²) in [6.07, 6.45) is 0. The minimum atomic E-state index is -0.332. The first kappa shape index (κ1) is 21.0. The van der Waals surface area contributed by atoms with Crippen LogP contribution in [0.15, 0.2) is 80.6 Å². The molecule has 2 aromatic heterocycles. The smallest absolute Gasteiger partial charge is 0.262 e. The summed E-state index contributed by atoms with van der Waals surface area (Å²) in [7, 11) is 0. The van der Waals surface area contributed by atoms with Crippen molar-refractivity contribution < 1.29 is 9.21 Å². The van der Waals surface area contributed by atoms with Gasteiger partial charge in [0.1, 0.15) is 17.0 Å². The van der Waals surface area contributed by atoms with E-state index in [4.69, 9.17) is 4.42 Å². The predicted molar refractivity (Wildman–Crippen MR) is 127 cm³/mol. The van der Waals surface area contributed by atoms with Crippen molar-refractivity contribution in [2.45, 2.75) is 26.7 Å². The first-order valence-electron chi connectivity index (χ1n) is 10.0. The minimum Gasteiger partial charge on any atom is -0.438 e. The lowest BCUT2D eigenvalue weighted by Crippen LogP contribution is -2.22. The Balaban J connectivity index is 1.82. The molecule has 0 fully saturated rings. The van der Waals surface area contributed by atoms with E-state index in [1.165, 1.54) is 5.56 Å². The van der Waals surface area contributed by atoms with Gasteiger partial charge in [-0.1, -0.05) is 48.0 Å². The number of aromatic nitrogens is 1. The van der Waals surface area contributed by atoms with Crippen LogP contribution in [0.1, 0.15) is 41.4 Å². The highest BCUT2D eigenvalue weighted by atomic mass is 79.9. The number of fused-ring (bicyclic) bond motifs is 1. The lowest BCUT2D eigenvalue weighted by molar-refractivity contribution is 0.102. The molecule has 6 heteroatoms. The number of aryl methyl sites for hydroxylation is 1. The van der Waals surface area contributed by atoms with Gasteiger partial charge in [-0.3, -0.25) is 4.79 Å². The van der Waals surface area contributed by atoms with Crippen molar-refractivity contribution in [3.8, 4) is 0 Å². The number of halogens is 1. The lowest BCUT2D eigenvalue weighted by atomic mass is 10.0. The summed E-state index contributed by atoms with van der Waals surface area (Å²) in [4.78, 5) is 22.1. The van der Waals surface area contributed by atoms with Crippen molar-refractivity contribution in [3.63, 3.8) is 0 Å². The fourth-order valence-electron chi connectivity index (χ4n) is 3.19. The SMILES string of the molecule is Cc1cccc(NC(=O)c2cc3cc(Br)ccc3oc2=Nc2ccc(C(C)C)cc2)n1. The van der Waals surface area contributed by atoms with E-state index in [1.807, 2.05) is 61.5 Å². The molecule has 0 aliphatic rings. The molecule has 4 aromatic rings. The number of pyridine rings is 1. The highest BCUT2D eigenvalue weighted by molar-refractivity contribution is 9.10. The molecule has 0 radical (unpaired) electrons. The monoisotopic (exact) mass is 475 g/mol. The van der Waals surface area contributed by atoms with Gasteiger partial charge in [0.05, 0.1) is 5.69 Å². The average molecular weight is 476 g/mol. The van der Waals surface area contributed by atoms with E-state index >= 15 is 0 Å². The van der Waals surface area contributed by atoms with Crippen LogP contribution >= 0.6 is 15.9 Å². The molecule has 0 saturated heterocycles. The summed E-state index contributed by atoms with van der Waals surface area (Å²) < 4.78 is 6.94. The van der Waals surface area contributed by atoms with Gasteiger partial charge >= 0.3 is 0 Å². The quantitative estimate of drug-likeness (QED) is 0.365. The van der Waals surface area contributed by atoms with Gasteiger partial charge in [-0.2, -0.15) is 0 Å². The molecular formula is C25H22BrN3O2. The van der Waals surface area contributed by atoms with Crippen LogP contribution in [0.4, 0.5) is 11.5 Å². The number of nitrogens with zero attached hydrogens (tertiary/aromatic N) is 2. The fourth-order valence-corrected chi connectivity index (χ4v) is 3.57. The molecule has 1 amide bonds. The predicted octanol–water partition coefficient (Wildman–Crippen LogP) is 6.51. The second kappa shape index (κ2) is 8.86. The van der Waals surface area contributed by atoms with Crippen LogP contribution < -0.4 is 10.9 Å². The molecule has 0 atom stereocenters. The number of amides is 1. The van der Waals surface area contributed by atoms with Crippen molar-refractivity contribution in [2.75, 3.05) is 5.32 Å². The highest BCUT2D eigenvalue weighted by Crippen LogP contribution is 2.22. The maximum absolute atomic E-state index is 13.1. The summed E-state index contributed by atoms with van der Waals surface area (Å²) in [5, 5.41) is 3.64. The Labute approximate surface area is 189 Å². The average Bonchev–Trinajstić information content (AvgIpc) is 2.74. The molecular weight excluding hydrogens is 454 g/mol. The lowest BCUT2D eigenvalue weighted by Gasteiger charge is -2.08. The second-order valence-corrected chi connectivity index (χ2v) is 8.54.